The molecule has 0 aliphatic rings. The maximum atomic E-state index is 3.18. The van der Waals surface area contributed by atoms with Crippen molar-refractivity contribution in [2.75, 3.05) is 0 Å². The first-order valence-electron chi connectivity index (χ1n) is 14.8. The second-order valence-electron chi connectivity index (χ2n) is 12.2. The average molecular weight is 753 g/mol. The summed E-state index contributed by atoms with van der Waals surface area (Å²) in [7, 11) is -1.77. The molecular weight excluding hydrogens is 709 g/mol. The van der Waals surface area contributed by atoms with E-state index in [1.807, 2.05) is 0 Å². The molecule has 0 unspecified atom stereocenters. The minimum Gasteiger partial charge on any atom is -0.0648 e. The van der Waals surface area contributed by atoms with E-state index in [-0.39, 0.29) is 0 Å². The van der Waals surface area contributed by atoms with Crippen molar-refractivity contribution in [2.45, 2.75) is 79.5 Å². The van der Waals surface area contributed by atoms with Gasteiger partial charge in [-0.3, -0.25) is 0 Å². The molecule has 4 aromatic carbocycles. The van der Waals surface area contributed by atoms with E-state index in [9.17, 15) is 0 Å². The van der Waals surface area contributed by atoms with Crippen LogP contribution in [0.5, 0.6) is 0 Å². The van der Waals surface area contributed by atoms with Gasteiger partial charge in [0, 0.05) is 0 Å². The van der Waals surface area contributed by atoms with Crippen LogP contribution in [0, 0.1) is 0 Å². The molecule has 4 aromatic rings. The van der Waals surface area contributed by atoms with Gasteiger partial charge >= 0.3 is 235 Å². The van der Waals surface area contributed by atoms with Gasteiger partial charge in [0.05, 0.1) is 0 Å². The average Bonchev–Trinajstić information content (AvgIpc) is 2.99. The van der Waals surface area contributed by atoms with Crippen molar-refractivity contribution in [3.63, 3.8) is 0 Å². The van der Waals surface area contributed by atoms with Crippen molar-refractivity contribution < 1.29 is 0 Å². The molecule has 0 aliphatic carbocycles. The minimum atomic E-state index is -1.77. The van der Waals surface area contributed by atoms with Crippen molar-refractivity contribution in [3.8, 4) is 0 Å². The van der Waals surface area contributed by atoms with Crippen LogP contribution in [0.4, 0.5) is 0 Å². The molecule has 0 saturated heterocycles. The summed E-state index contributed by atoms with van der Waals surface area (Å²) in [5, 5.41) is 4.33. The van der Waals surface area contributed by atoms with Gasteiger partial charge in [0.15, 0.2) is 0 Å². The molecule has 0 nitrogen and oxygen atoms in total. The van der Waals surface area contributed by atoms with E-state index < -0.39 is 13.5 Å². The Kier molecular flexibility index (Phi) is 11.1. The summed E-state index contributed by atoms with van der Waals surface area (Å²) in [5.74, 6) is 0. The zero-order valence-corrected chi connectivity index (χ0v) is 31.5. The Morgan fingerprint density at radius 1 is 0.439 bits per heavy atom. The first kappa shape index (κ1) is 32.6. The molecule has 4 rings (SSSR count). The Bertz CT molecular complexity index is 1250. The van der Waals surface area contributed by atoms with Gasteiger partial charge in [-0.25, -0.2) is 0 Å². The van der Waals surface area contributed by atoms with Gasteiger partial charge in [-0.1, -0.05) is 41.5 Å². The van der Waals surface area contributed by atoms with Gasteiger partial charge < -0.3 is 0 Å². The third kappa shape index (κ3) is 6.05. The fourth-order valence-corrected chi connectivity index (χ4v) is 15.5. The van der Waals surface area contributed by atoms with Gasteiger partial charge in [-0.15, -0.1) is 0 Å². The summed E-state index contributed by atoms with van der Waals surface area (Å²) in [5.41, 5.74) is 10.8. The second kappa shape index (κ2) is 14.0. The van der Waals surface area contributed by atoms with E-state index in [0.717, 1.165) is 16.0 Å². The Morgan fingerprint density at radius 2 is 0.683 bits per heavy atom. The van der Waals surface area contributed by atoms with E-state index in [1.165, 1.54) is 38.9 Å². The summed E-state index contributed by atoms with van der Waals surface area (Å²) in [6.07, 6.45) is 0. The molecule has 0 bridgehead atoms. The topological polar surface area (TPSA) is 0 Å². The van der Waals surface area contributed by atoms with Crippen LogP contribution in [-0.2, 0) is 21.4 Å². The molecule has 0 atom stereocenters. The summed E-state index contributed by atoms with van der Waals surface area (Å²) >= 11 is 9.55. The molecule has 0 heterocycles. The Morgan fingerprint density at radius 3 is 0.902 bits per heavy atom. The van der Waals surface area contributed by atoms with Crippen LogP contribution in [0.2, 0.25) is 16.6 Å². The number of benzene rings is 4. The van der Waals surface area contributed by atoms with E-state index in [2.05, 4.69) is 187 Å². The first-order chi connectivity index (χ1) is 19.7. The van der Waals surface area contributed by atoms with Gasteiger partial charge in [0.25, 0.3) is 0 Å². The van der Waals surface area contributed by atoms with E-state index in [0.29, 0.717) is 16.6 Å². The molecule has 0 aliphatic heterocycles. The molecule has 213 valence electrons. The third-order valence-corrected chi connectivity index (χ3v) is 18.5. The van der Waals surface area contributed by atoms with Crippen molar-refractivity contribution in [1.29, 1.82) is 0 Å². The van der Waals surface area contributed by atoms with Crippen LogP contribution >= 0.6 is 0 Å². The van der Waals surface area contributed by atoms with Crippen LogP contribution in [-0.4, -0.2) is 56.1 Å². The molecule has 41 heavy (non-hydrogen) atoms. The Hall–Kier alpha value is -1.34. The van der Waals surface area contributed by atoms with Crippen molar-refractivity contribution in [1.82, 2.24) is 0 Å². The van der Waals surface area contributed by atoms with Gasteiger partial charge in [-0.05, 0) is 0 Å². The molecule has 0 saturated carbocycles. The van der Waals surface area contributed by atoms with Crippen molar-refractivity contribution in [3.05, 3.63) is 136 Å². The molecular formula is C37H43Se3Si. The van der Waals surface area contributed by atoms with E-state index in [1.54, 1.807) is 5.19 Å². The Labute approximate surface area is 275 Å². The monoisotopic (exact) mass is 755 g/mol. The van der Waals surface area contributed by atoms with Crippen LogP contribution in [0.15, 0.2) is 97.1 Å². The van der Waals surface area contributed by atoms with Crippen molar-refractivity contribution in [2.24, 2.45) is 0 Å². The summed E-state index contributed by atoms with van der Waals surface area (Å²) in [6.45, 7) is 14.7. The van der Waals surface area contributed by atoms with Crippen LogP contribution < -0.4 is 5.19 Å². The normalized spacial score (nSPS) is 12.5. The molecule has 0 fully saturated rings. The number of hydrogen-bond acceptors (Lipinski definition) is 0. The molecule has 0 amide bonds. The van der Waals surface area contributed by atoms with Crippen LogP contribution in [0.1, 0.15) is 80.5 Å². The van der Waals surface area contributed by atoms with Gasteiger partial charge in [-0.2, -0.15) is 0 Å². The van der Waals surface area contributed by atoms with E-state index >= 15 is 0 Å². The summed E-state index contributed by atoms with van der Waals surface area (Å²) in [6, 6.07) is 37.7. The molecule has 0 spiro atoms. The Balaban J connectivity index is 2.06. The van der Waals surface area contributed by atoms with E-state index in [4.69, 9.17) is 0 Å². The number of hydrogen-bond donors (Lipinski definition) is 0. The molecule has 0 N–H and O–H groups in total. The minimum absolute atomic E-state index is 0.432. The van der Waals surface area contributed by atoms with Crippen LogP contribution in [0.25, 0.3) is 0 Å². The summed E-state index contributed by atoms with van der Waals surface area (Å²) < 4.78 is 0. The molecule has 0 aromatic heterocycles. The quantitative estimate of drug-likeness (QED) is 0.108. The standard InChI is InChI=1S/C37H43Se3Si/c1-26(2)41(27(3)4,28(5)6)36-21-19-35(20-22-36)37(32-13-7-29(23-38)8-14-32,33-15-9-30(24-39)10-16-33)34-17-11-31(25-40)12-18-34/h7-22,26-28H,23-25H2,1-6H3. The second-order valence-corrected chi connectivity index (χ2v) is 20.0. The van der Waals surface area contributed by atoms with Gasteiger partial charge in [0.2, 0.25) is 0 Å². The van der Waals surface area contributed by atoms with Gasteiger partial charge in [0.1, 0.15) is 0 Å². The fourth-order valence-electron chi connectivity index (χ4n) is 7.56. The summed E-state index contributed by atoms with van der Waals surface area (Å²) in [4.78, 5) is 0. The maximum absolute atomic E-state index is 3.18. The zero-order chi connectivity index (χ0) is 29.8. The fraction of sp³-hybridized carbons (Fsp3) is 0.351. The zero-order valence-electron chi connectivity index (χ0n) is 25.3. The third-order valence-electron chi connectivity index (χ3n) is 9.34. The van der Waals surface area contributed by atoms with Crippen molar-refractivity contribution >= 4 is 61.3 Å². The molecule has 4 heteroatoms. The smallest absolute Gasteiger partial charge is 0.0648 e. The predicted octanol–water partition coefficient (Wildman–Crippen LogP) is 7.96. The number of rotatable bonds is 11. The SMILES string of the molecule is CC(C)[Si](c1ccc(C(c2ccc(C[Se])cc2)(c2ccc(C[Se])cc2)c2ccc(C[Se])cc2)cc1)(C(C)C)C(C)C. The predicted molar refractivity (Wildman–Crippen MR) is 184 cm³/mol. The first-order valence-corrected chi connectivity index (χ1v) is 20.7. The molecule has 3 radical (unpaired) electrons. The van der Waals surface area contributed by atoms with Crippen LogP contribution in [0.3, 0.4) is 0 Å².